The summed E-state index contributed by atoms with van der Waals surface area (Å²) in [6.45, 7) is 2.88. The summed E-state index contributed by atoms with van der Waals surface area (Å²) in [5, 5.41) is 9.25. The van der Waals surface area contributed by atoms with E-state index in [0.29, 0.717) is 30.6 Å². The van der Waals surface area contributed by atoms with Gasteiger partial charge in [0, 0.05) is 5.70 Å². The highest BCUT2D eigenvalue weighted by Crippen LogP contribution is 2.35. The standard InChI is InChI=1S/C27H28BrIN4O9/c1-5-40-26(36)23-14(2)31-27(37)32-24(23)16-6-7-19(20(10-16)38-3)41-12-21(34)33-30-11-15-8-17(28)25(18(29)9-15)42-13-22(35)39-4/h6-11,24H,5,12-13H2,1-4H3,(H,33,34)(H2,31,32,37)/b30-11-/t24-/m0/s1. The number of ether oxygens (including phenoxy) is 5. The van der Waals surface area contributed by atoms with Crippen molar-refractivity contribution >= 4 is 68.6 Å². The van der Waals surface area contributed by atoms with Crippen molar-refractivity contribution in [2.75, 3.05) is 34.0 Å². The topological polar surface area (TPSA) is 163 Å². The van der Waals surface area contributed by atoms with E-state index in [1.807, 2.05) is 0 Å². The molecule has 2 aromatic rings. The van der Waals surface area contributed by atoms with Crippen LogP contribution in [0.5, 0.6) is 17.2 Å². The van der Waals surface area contributed by atoms with Crippen molar-refractivity contribution in [1.29, 1.82) is 0 Å². The Morgan fingerprint density at radius 2 is 1.88 bits per heavy atom. The van der Waals surface area contributed by atoms with Crippen LogP contribution < -0.4 is 30.3 Å². The Hall–Kier alpha value is -3.86. The SMILES string of the molecule is CCOC(=O)C1=C(C)NC(=O)N[C@H]1c1ccc(OCC(=O)N/N=C\c2cc(Br)c(OCC(=O)OC)c(I)c2)c(OC)c1. The lowest BCUT2D eigenvalue weighted by Gasteiger charge is -2.28. The first-order chi connectivity index (χ1) is 20.1. The van der Waals surface area contributed by atoms with Gasteiger partial charge in [-0.1, -0.05) is 6.07 Å². The zero-order valence-electron chi connectivity index (χ0n) is 23.0. The van der Waals surface area contributed by atoms with Crippen LogP contribution in [0.4, 0.5) is 4.79 Å². The number of allylic oxidation sites excluding steroid dienone is 1. The molecule has 0 unspecified atom stereocenters. The number of rotatable bonds is 12. The molecule has 0 spiro atoms. The summed E-state index contributed by atoms with van der Waals surface area (Å²) in [5.41, 5.74) is 4.23. The van der Waals surface area contributed by atoms with Gasteiger partial charge in [-0.15, -0.1) is 0 Å². The smallest absolute Gasteiger partial charge is 0.343 e. The fourth-order valence-electron chi connectivity index (χ4n) is 3.74. The molecule has 0 aromatic heterocycles. The maximum atomic E-state index is 12.6. The largest absolute Gasteiger partial charge is 0.493 e. The predicted molar refractivity (Wildman–Crippen MR) is 162 cm³/mol. The van der Waals surface area contributed by atoms with E-state index in [1.54, 1.807) is 44.2 Å². The van der Waals surface area contributed by atoms with E-state index < -0.39 is 29.9 Å². The van der Waals surface area contributed by atoms with Gasteiger partial charge in [0.2, 0.25) is 0 Å². The van der Waals surface area contributed by atoms with Gasteiger partial charge in [0.25, 0.3) is 5.91 Å². The predicted octanol–water partition coefficient (Wildman–Crippen LogP) is 3.33. The lowest BCUT2D eigenvalue weighted by Crippen LogP contribution is -2.45. The third kappa shape index (κ3) is 8.58. The lowest BCUT2D eigenvalue weighted by atomic mass is 9.95. The van der Waals surface area contributed by atoms with Crippen LogP contribution in [-0.2, 0) is 23.9 Å². The third-order valence-corrected chi connectivity index (χ3v) is 7.02. The van der Waals surface area contributed by atoms with Crippen LogP contribution in [0.1, 0.15) is 31.0 Å². The molecule has 0 saturated carbocycles. The number of nitrogens with zero attached hydrogens (tertiary/aromatic N) is 1. The molecule has 3 rings (SSSR count). The summed E-state index contributed by atoms with van der Waals surface area (Å²) in [6, 6.07) is 7.04. The van der Waals surface area contributed by atoms with Crippen molar-refractivity contribution in [2.45, 2.75) is 19.9 Å². The van der Waals surface area contributed by atoms with Gasteiger partial charge in [-0.2, -0.15) is 5.10 Å². The zero-order valence-corrected chi connectivity index (χ0v) is 26.8. The van der Waals surface area contributed by atoms with Gasteiger partial charge in [-0.3, -0.25) is 4.79 Å². The average molecular weight is 759 g/mol. The number of halogens is 2. The van der Waals surface area contributed by atoms with E-state index in [9.17, 15) is 19.2 Å². The minimum atomic E-state index is -0.782. The molecular formula is C27H28BrIN4O9. The molecule has 13 nitrogen and oxygen atoms in total. The third-order valence-electron chi connectivity index (χ3n) is 5.63. The van der Waals surface area contributed by atoms with Gasteiger partial charge in [0.1, 0.15) is 5.75 Å². The van der Waals surface area contributed by atoms with Crippen LogP contribution in [0, 0.1) is 3.57 Å². The highest BCUT2D eigenvalue weighted by Gasteiger charge is 2.32. The molecule has 224 valence electrons. The number of carbonyl (C=O) groups excluding carboxylic acids is 4. The fourth-order valence-corrected chi connectivity index (χ4v) is 5.51. The first kappa shape index (κ1) is 32.7. The Morgan fingerprint density at radius 1 is 1.12 bits per heavy atom. The van der Waals surface area contributed by atoms with E-state index in [4.69, 9.17) is 18.9 Å². The Kier molecular flexibility index (Phi) is 12.0. The molecule has 3 N–H and O–H groups in total. The Balaban J connectivity index is 1.64. The maximum absolute atomic E-state index is 12.6. The number of hydrazone groups is 1. The number of hydrogen-bond donors (Lipinski definition) is 3. The number of benzene rings is 2. The molecule has 1 atom stereocenters. The summed E-state index contributed by atoms with van der Waals surface area (Å²) < 4.78 is 27.6. The molecule has 1 aliphatic rings. The summed E-state index contributed by atoms with van der Waals surface area (Å²) >= 11 is 5.45. The molecule has 0 radical (unpaired) electrons. The normalized spacial score (nSPS) is 14.5. The second-order valence-corrected chi connectivity index (χ2v) is 10.5. The van der Waals surface area contributed by atoms with Crippen LogP contribution in [-0.4, -0.2) is 64.1 Å². The van der Waals surface area contributed by atoms with E-state index in [1.165, 1.54) is 20.4 Å². The molecular weight excluding hydrogens is 731 g/mol. The average Bonchev–Trinajstić information content (AvgIpc) is 2.95. The minimum absolute atomic E-state index is 0.176. The minimum Gasteiger partial charge on any atom is -0.493 e. The van der Waals surface area contributed by atoms with Gasteiger partial charge in [-0.05, 0) is 87.8 Å². The van der Waals surface area contributed by atoms with Crippen molar-refractivity contribution in [2.24, 2.45) is 5.10 Å². The summed E-state index contributed by atoms with van der Waals surface area (Å²) in [4.78, 5) is 48.4. The molecule has 3 amide bonds. The molecule has 0 fully saturated rings. The molecule has 0 bridgehead atoms. The van der Waals surface area contributed by atoms with Gasteiger partial charge in [-0.25, -0.2) is 19.8 Å². The molecule has 2 aromatic carbocycles. The van der Waals surface area contributed by atoms with Crippen LogP contribution in [0.15, 0.2) is 51.2 Å². The Labute approximate surface area is 263 Å². The van der Waals surface area contributed by atoms with E-state index in [2.05, 4.69) is 64.4 Å². The van der Waals surface area contributed by atoms with Crippen LogP contribution in [0.2, 0.25) is 0 Å². The first-order valence-corrected chi connectivity index (χ1v) is 14.2. The van der Waals surface area contributed by atoms with Crippen molar-refractivity contribution < 1.29 is 42.9 Å². The lowest BCUT2D eigenvalue weighted by molar-refractivity contribution is -0.143. The maximum Gasteiger partial charge on any atom is 0.343 e. The zero-order chi connectivity index (χ0) is 30.8. The van der Waals surface area contributed by atoms with Gasteiger partial charge in [0.15, 0.2) is 24.7 Å². The van der Waals surface area contributed by atoms with Crippen molar-refractivity contribution in [1.82, 2.24) is 16.1 Å². The molecule has 1 aliphatic heterocycles. The fraction of sp³-hybridized carbons (Fsp3) is 0.296. The number of methoxy groups -OCH3 is 2. The van der Waals surface area contributed by atoms with E-state index >= 15 is 0 Å². The van der Waals surface area contributed by atoms with Gasteiger partial charge in [0.05, 0.1) is 46.7 Å². The Morgan fingerprint density at radius 3 is 2.55 bits per heavy atom. The molecule has 0 saturated heterocycles. The monoisotopic (exact) mass is 758 g/mol. The number of esters is 2. The summed E-state index contributed by atoms with van der Waals surface area (Å²) in [7, 11) is 2.70. The number of nitrogens with one attached hydrogen (secondary N) is 3. The Bertz CT molecular complexity index is 1410. The van der Waals surface area contributed by atoms with Crippen molar-refractivity contribution in [3.63, 3.8) is 0 Å². The molecule has 15 heteroatoms. The summed E-state index contributed by atoms with van der Waals surface area (Å²) in [6.07, 6.45) is 1.44. The second kappa shape index (κ2) is 15.4. The van der Waals surface area contributed by atoms with Crippen LogP contribution >= 0.6 is 38.5 Å². The number of hydrogen-bond acceptors (Lipinski definition) is 10. The van der Waals surface area contributed by atoms with Gasteiger partial charge >= 0.3 is 18.0 Å². The number of amides is 3. The second-order valence-electron chi connectivity index (χ2n) is 8.46. The van der Waals surface area contributed by atoms with Crippen molar-refractivity contribution in [3.8, 4) is 17.2 Å². The highest BCUT2D eigenvalue weighted by molar-refractivity contribution is 14.1. The van der Waals surface area contributed by atoms with Crippen molar-refractivity contribution in [3.05, 3.63) is 60.8 Å². The van der Waals surface area contributed by atoms with Gasteiger partial charge < -0.3 is 34.3 Å². The van der Waals surface area contributed by atoms with E-state index in [-0.39, 0.29) is 36.9 Å². The first-order valence-electron chi connectivity index (χ1n) is 12.3. The quantitative estimate of drug-likeness (QED) is 0.128. The number of urea groups is 1. The number of carbonyl (C=O) groups is 4. The van der Waals surface area contributed by atoms with E-state index in [0.717, 1.165) is 0 Å². The van der Waals surface area contributed by atoms with Crippen LogP contribution in [0.3, 0.4) is 0 Å². The molecule has 1 heterocycles. The summed E-state index contributed by atoms with van der Waals surface area (Å²) in [5.74, 6) is -0.577. The molecule has 0 aliphatic carbocycles. The van der Waals surface area contributed by atoms with Crippen LogP contribution in [0.25, 0.3) is 0 Å². The highest BCUT2D eigenvalue weighted by atomic mass is 127. The molecule has 42 heavy (non-hydrogen) atoms.